The number of carbonyl (C=O) groups excluding carboxylic acids is 4. The Morgan fingerprint density at radius 1 is 0.750 bits per heavy atom. The number of nitrogens with zero attached hydrogens (tertiary/aromatic N) is 2. The number of aryl methyl sites for hydroxylation is 2. The Balaban J connectivity index is 0.000000243. The number of benzene rings is 3. The SMILES string of the molecule is Cc1ccc2c(CN3CC[C@@H](NC(=O)CNC(=O)OC(C)(C)C)C3)c[nH]c2c1.Cc1ccc2c(CN3CC[C@@H](NC(=O)CNC(=O)c4cc(OC(F)(F)F)ccc4N)C3)c[nH]c2c1.Cl. The maximum atomic E-state index is 12.4. The van der Waals surface area contributed by atoms with E-state index in [1.807, 2.05) is 13.1 Å². The summed E-state index contributed by atoms with van der Waals surface area (Å²) in [7, 11) is 0. The minimum absolute atomic E-state index is 0. The molecule has 346 valence electrons. The van der Waals surface area contributed by atoms with Crippen LogP contribution in [0.15, 0.2) is 67.0 Å². The Kier molecular flexibility index (Phi) is 16.2. The Morgan fingerprint density at radius 2 is 1.25 bits per heavy atom. The normalized spacial score (nSPS) is 16.7. The molecule has 0 radical (unpaired) electrons. The van der Waals surface area contributed by atoms with Crippen LogP contribution >= 0.6 is 12.4 Å². The number of halogens is 4. The number of carbonyl (C=O) groups is 4. The van der Waals surface area contributed by atoms with Crippen molar-refractivity contribution in [2.45, 2.75) is 84.6 Å². The summed E-state index contributed by atoms with van der Waals surface area (Å²) >= 11 is 0. The van der Waals surface area contributed by atoms with Gasteiger partial charge in [-0.1, -0.05) is 24.3 Å². The number of amides is 4. The van der Waals surface area contributed by atoms with Crippen molar-refractivity contribution in [3.63, 3.8) is 0 Å². The number of fused-ring (bicyclic) bond motifs is 2. The van der Waals surface area contributed by atoms with Crippen molar-refractivity contribution in [3.05, 3.63) is 94.8 Å². The number of likely N-dealkylation sites (tertiary alicyclic amines) is 2. The van der Waals surface area contributed by atoms with Gasteiger partial charge in [0.2, 0.25) is 11.8 Å². The number of hydrogen-bond acceptors (Lipinski definition) is 9. The number of anilines is 1. The van der Waals surface area contributed by atoms with E-state index in [0.29, 0.717) is 6.54 Å². The molecule has 4 amide bonds. The first-order valence-corrected chi connectivity index (χ1v) is 20.8. The van der Waals surface area contributed by atoms with E-state index in [0.717, 1.165) is 74.8 Å². The van der Waals surface area contributed by atoms with E-state index in [9.17, 15) is 32.3 Å². The van der Waals surface area contributed by atoms with Gasteiger partial charge in [-0.05, 0) is 100 Å². The molecule has 0 bridgehead atoms. The largest absolute Gasteiger partial charge is 0.573 e. The van der Waals surface area contributed by atoms with Crippen LogP contribution in [-0.2, 0) is 27.4 Å². The molecule has 19 heteroatoms. The van der Waals surface area contributed by atoms with Crippen molar-refractivity contribution < 1.29 is 41.8 Å². The van der Waals surface area contributed by atoms with Crippen molar-refractivity contribution in [1.29, 1.82) is 0 Å². The molecule has 2 fully saturated rings. The van der Waals surface area contributed by atoms with Gasteiger partial charge in [0, 0.05) is 91.2 Å². The number of alkyl carbamates (subject to hydrolysis) is 1. The second-order valence-corrected chi connectivity index (χ2v) is 17.1. The van der Waals surface area contributed by atoms with Crippen LogP contribution in [0.3, 0.4) is 0 Å². The first-order chi connectivity index (χ1) is 29.8. The van der Waals surface area contributed by atoms with E-state index in [4.69, 9.17) is 10.5 Å². The second kappa shape index (κ2) is 21.1. The highest BCUT2D eigenvalue weighted by atomic mass is 35.5. The number of nitrogens with two attached hydrogens (primary N) is 1. The van der Waals surface area contributed by atoms with Gasteiger partial charge in [0.05, 0.1) is 12.1 Å². The van der Waals surface area contributed by atoms with Gasteiger partial charge in [-0.2, -0.15) is 0 Å². The summed E-state index contributed by atoms with van der Waals surface area (Å²) in [6, 6.07) is 15.8. The highest BCUT2D eigenvalue weighted by Gasteiger charge is 2.32. The van der Waals surface area contributed by atoms with Crippen LogP contribution in [0.1, 0.15) is 66.2 Å². The van der Waals surface area contributed by atoms with Gasteiger partial charge in [0.15, 0.2) is 0 Å². The van der Waals surface area contributed by atoms with Gasteiger partial charge in [0.1, 0.15) is 17.9 Å². The smallest absolute Gasteiger partial charge is 0.444 e. The summed E-state index contributed by atoms with van der Waals surface area (Å²) in [6.45, 7) is 13.9. The van der Waals surface area contributed by atoms with Gasteiger partial charge in [-0.3, -0.25) is 24.2 Å². The number of rotatable bonds is 12. The summed E-state index contributed by atoms with van der Waals surface area (Å²) in [5.74, 6) is -1.93. The number of alkyl halides is 3. The standard InChI is InChI=1S/C24H26F3N5O3.C21H30N4O3.ClH/c1-14-2-4-18-15(10-29-21(18)8-14)12-32-7-6-16(13-32)31-22(33)11-30-23(34)19-9-17(3-5-20(19)28)35-24(25,26)27;1-14-5-6-17-15(10-22-18(17)9-14)12-25-8-7-16(13-25)24-19(26)11-23-20(27)28-21(2,3)4;/h2-5,8-10,16,29H,6-7,11-13,28H2,1H3,(H,30,34)(H,31,33);5-6,9-10,16,22H,7-8,11-13H2,1-4H3,(H,23,27)(H,24,26);1H/t2*16-;/m11./s1. The molecule has 2 aromatic heterocycles. The molecule has 2 atom stereocenters. The Bertz CT molecular complexity index is 2430. The lowest BCUT2D eigenvalue weighted by Crippen LogP contribution is -2.44. The third kappa shape index (κ3) is 14.3. The average molecular weight is 912 g/mol. The fraction of sp³-hybridized carbons (Fsp3) is 0.422. The molecule has 0 spiro atoms. The first-order valence-electron chi connectivity index (χ1n) is 20.8. The fourth-order valence-electron chi connectivity index (χ4n) is 7.74. The maximum absolute atomic E-state index is 12.4. The number of hydrogen-bond donors (Lipinski definition) is 7. The molecule has 8 N–H and O–H groups in total. The quantitative estimate of drug-likeness (QED) is 0.0714. The molecule has 3 aromatic carbocycles. The lowest BCUT2D eigenvalue weighted by molar-refractivity contribution is -0.274. The summed E-state index contributed by atoms with van der Waals surface area (Å²) < 4.78 is 46.2. The Morgan fingerprint density at radius 3 is 1.73 bits per heavy atom. The Labute approximate surface area is 375 Å². The van der Waals surface area contributed by atoms with Crippen LogP contribution in [0.2, 0.25) is 0 Å². The maximum Gasteiger partial charge on any atom is 0.573 e. The van der Waals surface area contributed by atoms with E-state index >= 15 is 0 Å². The molecule has 2 saturated heterocycles. The molecule has 64 heavy (non-hydrogen) atoms. The number of nitrogen functional groups attached to an aromatic ring is 1. The van der Waals surface area contributed by atoms with Gasteiger partial charge in [0.25, 0.3) is 5.91 Å². The number of nitrogens with one attached hydrogen (secondary N) is 6. The summed E-state index contributed by atoms with van der Waals surface area (Å²) in [5.41, 5.74) is 12.0. The molecular weight excluding hydrogens is 855 g/mol. The summed E-state index contributed by atoms with van der Waals surface area (Å²) in [4.78, 5) is 59.7. The number of H-pyrrole nitrogens is 2. The molecular formula is C45H57ClF3N9O6. The zero-order chi connectivity index (χ0) is 45.5. The third-order valence-electron chi connectivity index (χ3n) is 10.6. The zero-order valence-electron chi connectivity index (χ0n) is 36.5. The third-order valence-corrected chi connectivity index (χ3v) is 10.6. The summed E-state index contributed by atoms with van der Waals surface area (Å²) in [5, 5.41) is 13.2. The topological polar surface area (TPSA) is 199 Å². The van der Waals surface area contributed by atoms with Crippen LogP contribution in [-0.4, -0.2) is 107 Å². The van der Waals surface area contributed by atoms with Crippen molar-refractivity contribution in [3.8, 4) is 5.75 Å². The number of aromatic nitrogens is 2. The van der Waals surface area contributed by atoms with Crippen LogP contribution in [0.5, 0.6) is 5.75 Å². The van der Waals surface area contributed by atoms with Crippen molar-refractivity contribution in [1.82, 2.24) is 41.0 Å². The molecule has 4 heterocycles. The number of ether oxygens (including phenoxy) is 2. The van der Waals surface area contributed by atoms with Gasteiger partial charge in [-0.15, -0.1) is 25.6 Å². The predicted molar refractivity (Wildman–Crippen MR) is 241 cm³/mol. The molecule has 0 saturated carbocycles. The van der Waals surface area contributed by atoms with E-state index in [1.165, 1.54) is 33.0 Å². The van der Waals surface area contributed by atoms with Crippen molar-refractivity contribution in [2.75, 3.05) is 45.0 Å². The fourth-order valence-corrected chi connectivity index (χ4v) is 7.74. The monoisotopic (exact) mass is 911 g/mol. The Hall–Kier alpha value is -5.98. The second-order valence-electron chi connectivity index (χ2n) is 17.1. The van der Waals surface area contributed by atoms with Crippen molar-refractivity contribution in [2.24, 2.45) is 0 Å². The summed E-state index contributed by atoms with van der Waals surface area (Å²) in [6.07, 6.45) is 0.272. The molecule has 7 rings (SSSR count). The first kappa shape index (κ1) is 49.0. The molecule has 15 nitrogen and oxygen atoms in total. The average Bonchev–Trinajstić information content (AvgIpc) is 4.01. The lowest BCUT2D eigenvalue weighted by atomic mass is 10.1. The highest BCUT2D eigenvalue weighted by Crippen LogP contribution is 2.27. The van der Waals surface area contributed by atoms with Crippen LogP contribution in [0.4, 0.5) is 23.7 Å². The van der Waals surface area contributed by atoms with Crippen LogP contribution < -0.4 is 31.7 Å². The van der Waals surface area contributed by atoms with Gasteiger partial charge >= 0.3 is 12.5 Å². The van der Waals surface area contributed by atoms with Crippen LogP contribution in [0, 0.1) is 13.8 Å². The van der Waals surface area contributed by atoms with E-state index in [2.05, 4.69) is 95.3 Å². The van der Waals surface area contributed by atoms with Gasteiger partial charge in [-0.25, -0.2) is 4.79 Å². The van der Waals surface area contributed by atoms with E-state index in [1.54, 1.807) is 20.8 Å². The number of aromatic amines is 2. The van der Waals surface area contributed by atoms with Crippen molar-refractivity contribution >= 4 is 63.7 Å². The zero-order valence-corrected chi connectivity index (χ0v) is 37.4. The van der Waals surface area contributed by atoms with Gasteiger partial charge < -0.3 is 46.4 Å². The van der Waals surface area contributed by atoms with Crippen LogP contribution in [0.25, 0.3) is 21.8 Å². The molecule has 2 aliphatic heterocycles. The van der Waals surface area contributed by atoms with E-state index in [-0.39, 0.29) is 54.7 Å². The molecule has 5 aromatic rings. The lowest BCUT2D eigenvalue weighted by Gasteiger charge is -2.20. The van der Waals surface area contributed by atoms with E-state index < -0.39 is 35.6 Å². The molecule has 0 aliphatic carbocycles. The predicted octanol–water partition coefficient (Wildman–Crippen LogP) is 6.19. The molecule has 2 aliphatic rings. The highest BCUT2D eigenvalue weighted by molar-refractivity contribution is 6.01. The molecule has 0 unspecified atom stereocenters. The minimum Gasteiger partial charge on any atom is -0.444 e. The minimum atomic E-state index is -4.90.